The molecule has 2 aromatic rings. The largest absolute Gasteiger partial charge is 0.368 e. The number of rotatable bonds is 4. The number of hydrogen-bond acceptors (Lipinski definition) is 3. The first-order valence-corrected chi connectivity index (χ1v) is 9.08. The summed E-state index contributed by atoms with van der Waals surface area (Å²) in [6, 6.07) is 7.89. The van der Waals surface area contributed by atoms with Gasteiger partial charge in [0.05, 0.1) is 11.0 Å². The monoisotopic (exact) mass is 343 g/mol. The number of carbonyl (C=O) groups is 1. The predicted octanol–water partition coefficient (Wildman–Crippen LogP) is 2.31. The number of likely N-dealkylation sites (tertiary alicyclic amines) is 1. The molecule has 6 nitrogen and oxygen atoms in total. The summed E-state index contributed by atoms with van der Waals surface area (Å²) in [7, 11) is 1.63. The molecule has 2 fully saturated rings. The van der Waals surface area contributed by atoms with Gasteiger partial charge < -0.3 is 14.6 Å². The van der Waals surface area contributed by atoms with Crippen molar-refractivity contribution < 1.29 is 9.53 Å². The average Bonchev–Trinajstić information content (AvgIpc) is 3.43. The Morgan fingerprint density at radius 1 is 1.20 bits per heavy atom. The normalized spacial score (nSPS) is 21.4. The second-order valence-electron chi connectivity index (χ2n) is 7.43. The Morgan fingerprint density at radius 3 is 2.52 bits per heavy atom. The van der Waals surface area contributed by atoms with E-state index in [1.165, 1.54) is 0 Å². The summed E-state index contributed by atoms with van der Waals surface area (Å²) in [4.78, 5) is 30.1. The van der Waals surface area contributed by atoms with E-state index in [0.717, 1.165) is 36.7 Å². The molecule has 0 spiro atoms. The number of piperidine rings is 1. The van der Waals surface area contributed by atoms with Crippen molar-refractivity contribution in [3.63, 3.8) is 0 Å². The fourth-order valence-electron chi connectivity index (χ4n) is 4.14. The van der Waals surface area contributed by atoms with Crippen molar-refractivity contribution in [1.82, 2.24) is 14.5 Å². The summed E-state index contributed by atoms with van der Waals surface area (Å²) in [6.45, 7) is 3.26. The maximum atomic E-state index is 12.9. The SMILES string of the molecule is COC(C)(C(=O)N1CCC(n2c(=O)[nH]c3ccccc32)CC1)C1CC1. The van der Waals surface area contributed by atoms with E-state index < -0.39 is 5.60 Å². The lowest BCUT2D eigenvalue weighted by molar-refractivity contribution is -0.157. The van der Waals surface area contributed by atoms with Crippen LogP contribution < -0.4 is 5.69 Å². The van der Waals surface area contributed by atoms with Gasteiger partial charge in [0.2, 0.25) is 0 Å². The molecule has 1 amide bonds. The van der Waals surface area contributed by atoms with Gasteiger partial charge in [0.15, 0.2) is 0 Å². The van der Waals surface area contributed by atoms with Crippen LogP contribution in [0, 0.1) is 5.92 Å². The Bertz CT molecular complexity index is 843. The molecule has 1 aromatic carbocycles. The van der Waals surface area contributed by atoms with E-state index in [9.17, 15) is 9.59 Å². The third kappa shape index (κ3) is 2.68. The second-order valence-corrected chi connectivity index (χ2v) is 7.43. The lowest BCUT2D eigenvalue weighted by atomic mass is 9.95. The van der Waals surface area contributed by atoms with Gasteiger partial charge in [0.25, 0.3) is 5.91 Å². The number of carbonyl (C=O) groups excluding carboxylic acids is 1. The quantitative estimate of drug-likeness (QED) is 0.926. The number of benzene rings is 1. The molecule has 0 bridgehead atoms. The number of aromatic amines is 1. The highest BCUT2D eigenvalue weighted by Gasteiger charge is 2.49. The van der Waals surface area contributed by atoms with Crippen LogP contribution in [0.25, 0.3) is 11.0 Å². The average molecular weight is 343 g/mol. The van der Waals surface area contributed by atoms with Gasteiger partial charge in [-0.2, -0.15) is 0 Å². The molecule has 1 atom stereocenters. The van der Waals surface area contributed by atoms with Crippen LogP contribution in [0.2, 0.25) is 0 Å². The molecule has 0 radical (unpaired) electrons. The van der Waals surface area contributed by atoms with Gasteiger partial charge in [0.1, 0.15) is 5.60 Å². The number of nitrogens with zero attached hydrogens (tertiary/aromatic N) is 2. The van der Waals surface area contributed by atoms with Crippen molar-refractivity contribution in [2.75, 3.05) is 20.2 Å². The maximum absolute atomic E-state index is 12.9. The molecule has 1 saturated heterocycles. The Labute approximate surface area is 146 Å². The first kappa shape index (κ1) is 16.4. The summed E-state index contributed by atoms with van der Waals surface area (Å²) in [6.07, 6.45) is 3.71. The first-order chi connectivity index (χ1) is 12.0. The molecule has 25 heavy (non-hydrogen) atoms. The van der Waals surface area contributed by atoms with Crippen LogP contribution in [0.1, 0.15) is 38.6 Å². The molecule has 1 aliphatic carbocycles. The van der Waals surface area contributed by atoms with Crippen molar-refractivity contribution in [2.45, 2.75) is 44.2 Å². The first-order valence-electron chi connectivity index (χ1n) is 9.08. The molecule has 6 heteroatoms. The Balaban J connectivity index is 1.51. The van der Waals surface area contributed by atoms with E-state index in [4.69, 9.17) is 4.74 Å². The van der Waals surface area contributed by atoms with Gasteiger partial charge in [-0.05, 0) is 50.7 Å². The van der Waals surface area contributed by atoms with E-state index in [2.05, 4.69) is 4.98 Å². The summed E-state index contributed by atoms with van der Waals surface area (Å²) >= 11 is 0. The van der Waals surface area contributed by atoms with E-state index in [1.54, 1.807) is 7.11 Å². The van der Waals surface area contributed by atoms with Crippen LogP contribution >= 0.6 is 0 Å². The van der Waals surface area contributed by atoms with Gasteiger partial charge >= 0.3 is 5.69 Å². The molecule has 1 unspecified atom stereocenters. The summed E-state index contributed by atoms with van der Waals surface area (Å²) in [5.41, 5.74) is 1.05. The van der Waals surface area contributed by atoms with Gasteiger partial charge in [-0.15, -0.1) is 0 Å². The predicted molar refractivity (Wildman–Crippen MR) is 95.5 cm³/mol. The number of imidazole rings is 1. The highest BCUT2D eigenvalue weighted by Crippen LogP contribution is 2.43. The Kier molecular flexibility index (Phi) is 3.95. The van der Waals surface area contributed by atoms with Gasteiger partial charge in [-0.25, -0.2) is 4.79 Å². The van der Waals surface area contributed by atoms with Gasteiger partial charge in [-0.3, -0.25) is 9.36 Å². The van der Waals surface area contributed by atoms with E-state index >= 15 is 0 Å². The Hall–Kier alpha value is -2.08. The second kappa shape index (κ2) is 6.02. The highest BCUT2D eigenvalue weighted by molar-refractivity contribution is 5.85. The lowest BCUT2D eigenvalue weighted by Crippen LogP contribution is -2.52. The Morgan fingerprint density at radius 2 is 1.88 bits per heavy atom. The van der Waals surface area contributed by atoms with Crippen LogP contribution in [0.5, 0.6) is 0 Å². The molecule has 2 heterocycles. The van der Waals surface area contributed by atoms with Crippen molar-refractivity contribution in [2.24, 2.45) is 5.92 Å². The summed E-state index contributed by atoms with van der Waals surface area (Å²) < 4.78 is 7.46. The molecule has 1 saturated carbocycles. The third-order valence-corrected chi connectivity index (χ3v) is 5.95. The number of nitrogens with one attached hydrogen (secondary N) is 1. The van der Waals surface area contributed by atoms with Gasteiger partial charge in [-0.1, -0.05) is 12.1 Å². The number of H-pyrrole nitrogens is 1. The number of para-hydroxylation sites is 2. The van der Waals surface area contributed by atoms with Crippen LogP contribution in [0.3, 0.4) is 0 Å². The fourth-order valence-corrected chi connectivity index (χ4v) is 4.14. The number of amides is 1. The maximum Gasteiger partial charge on any atom is 0.326 e. The van der Waals surface area contributed by atoms with E-state index in [-0.39, 0.29) is 17.6 Å². The molecular formula is C19H25N3O3. The number of hydrogen-bond donors (Lipinski definition) is 1. The minimum absolute atomic E-state index is 0.0642. The van der Waals surface area contributed by atoms with Crippen molar-refractivity contribution in [1.29, 1.82) is 0 Å². The topological polar surface area (TPSA) is 67.3 Å². The highest BCUT2D eigenvalue weighted by atomic mass is 16.5. The minimum Gasteiger partial charge on any atom is -0.368 e. The zero-order valence-corrected chi connectivity index (χ0v) is 14.8. The van der Waals surface area contributed by atoms with Crippen molar-refractivity contribution in [3.05, 3.63) is 34.7 Å². The third-order valence-electron chi connectivity index (χ3n) is 5.95. The lowest BCUT2D eigenvalue weighted by Gasteiger charge is -2.38. The number of ether oxygens (including phenoxy) is 1. The summed E-state index contributed by atoms with van der Waals surface area (Å²) in [5.74, 6) is 0.446. The molecule has 1 aliphatic heterocycles. The van der Waals surface area contributed by atoms with Crippen LogP contribution in [-0.2, 0) is 9.53 Å². The smallest absolute Gasteiger partial charge is 0.326 e. The van der Waals surface area contributed by atoms with Crippen molar-refractivity contribution >= 4 is 16.9 Å². The van der Waals surface area contributed by atoms with E-state index in [0.29, 0.717) is 19.0 Å². The zero-order chi connectivity index (χ0) is 17.6. The molecule has 2 aliphatic rings. The number of methoxy groups -OCH3 is 1. The molecule has 4 rings (SSSR count). The zero-order valence-electron chi connectivity index (χ0n) is 14.8. The van der Waals surface area contributed by atoms with Gasteiger partial charge in [0, 0.05) is 26.2 Å². The number of aromatic nitrogens is 2. The van der Waals surface area contributed by atoms with Crippen molar-refractivity contribution in [3.8, 4) is 0 Å². The standard InChI is InChI=1S/C19H25N3O3/c1-19(25-2,13-7-8-13)17(23)21-11-9-14(10-12-21)22-16-6-4-3-5-15(16)20-18(22)24/h3-6,13-14H,7-12H2,1-2H3,(H,20,24). The molecule has 1 N–H and O–H groups in total. The number of fused-ring (bicyclic) bond motifs is 1. The van der Waals surface area contributed by atoms with Crippen LogP contribution in [0.4, 0.5) is 0 Å². The molecule has 1 aromatic heterocycles. The van der Waals surface area contributed by atoms with E-state index in [1.807, 2.05) is 40.7 Å². The van der Waals surface area contributed by atoms with Crippen LogP contribution in [0.15, 0.2) is 29.1 Å². The summed E-state index contributed by atoms with van der Waals surface area (Å²) in [5, 5.41) is 0. The molecule has 134 valence electrons. The van der Waals surface area contributed by atoms with Crippen LogP contribution in [-0.4, -0.2) is 46.2 Å². The molecular weight excluding hydrogens is 318 g/mol. The fraction of sp³-hybridized carbons (Fsp3) is 0.579. The minimum atomic E-state index is -0.690.